The van der Waals surface area contributed by atoms with Gasteiger partial charge in [-0.15, -0.1) is 0 Å². The van der Waals surface area contributed by atoms with E-state index in [0.29, 0.717) is 16.6 Å². The van der Waals surface area contributed by atoms with Gasteiger partial charge in [0.1, 0.15) is 0 Å². The first-order chi connectivity index (χ1) is 7.22. The lowest BCUT2D eigenvalue weighted by Crippen LogP contribution is -2.06. The molecule has 0 saturated heterocycles. The molecule has 0 unspecified atom stereocenters. The van der Waals surface area contributed by atoms with Crippen LogP contribution in [0.15, 0.2) is 29.3 Å². The fourth-order valence-corrected chi connectivity index (χ4v) is 1.81. The maximum Gasteiger partial charge on any atom is 0.339 e. The zero-order chi connectivity index (χ0) is 10.8. The molecule has 15 heavy (non-hydrogen) atoms. The highest BCUT2D eigenvalue weighted by Crippen LogP contribution is 2.19. The highest BCUT2D eigenvalue weighted by molar-refractivity contribution is 9.10. The van der Waals surface area contributed by atoms with Gasteiger partial charge in [-0.1, -0.05) is 0 Å². The predicted molar refractivity (Wildman–Crippen MR) is 58.8 cm³/mol. The first-order valence-corrected chi connectivity index (χ1v) is 5.30. The summed E-state index contributed by atoms with van der Waals surface area (Å²) in [6.45, 7) is 2.15. The molecule has 5 heteroatoms. The molecule has 0 aliphatic rings. The van der Waals surface area contributed by atoms with Crippen molar-refractivity contribution in [2.75, 3.05) is 6.61 Å². The predicted octanol–water partition coefficient (Wildman–Crippen LogP) is 2.27. The van der Waals surface area contributed by atoms with Crippen LogP contribution in [0.1, 0.15) is 17.3 Å². The van der Waals surface area contributed by atoms with Gasteiger partial charge >= 0.3 is 5.97 Å². The Morgan fingerprint density at radius 2 is 2.47 bits per heavy atom. The van der Waals surface area contributed by atoms with E-state index in [-0.39, 0.29) is 5.97 Å². The summed E-state index contributed by atoms with van der Waals surface area (Å²) in [5.74, 6) is -0.326. The monoisotopic (exact) mass is 268 g/mol. The Hall–Kier alpha value is -1.36. The van der Waals surface area contributed by atoms with E-state index >= 15 is 0 Å². The van der Waals surface area contributed by atoms with Crippen LogP contribution >= 0.6 is 15.9 Å². The first kappa shape index (κ1) is 10.2. The lowest BCUT2D eigenvalue weighted by molar-refractivity contribution is 0.0525. The Kier molecular flexibility index (Phi) is 2.73. The van der Waals surface area contributed by atoms with E-state index in [1.807, 2.05) is 4.40 Å². The van der Waals surface area contributed by atoms with Crippen molar-refractivity contribution < 1.29 is 9.53 Å². The number of nitrogens with zero attached hydrogens (tertiary/aromatic N) is 2. The molecule has 0 aliphatic carbocycles. The zero-order valence-electron chi connectivity index (χ0n) is 8.11. The number of pyridine rings is 1. The normalized spacial score (nSPS) is 10.5. The molecule has 0 aliphatic heterocycles. The Bertz CT molecular complexity index is 507. The quantitative estimate of drug-likeness (QED) is 0.785. The largest absolute Gasteiger partial charge is 0.462 e. The maximum atomic E-state index is 11.5. The number of hydrogen-bond donors (Lipinski definition) is 0. The Labute approximate surface area is 95.0 Å². The van der Waals surface area contributed by atoms with Crippen LogP contribution in [-0.4, -0.2) is 22.0 Å². The lowest BCUT2D eigenvalue weighted by Gasteiger charge is -2.04. The van der Waals surface area contributed by atoms with Gasteiger partial charge in [-0.2, -0.15) is 0 Å². The summed E-state index contributed by atoms with van der Waals surface area (Å²) in [5, 5.41) is 0. The van der Waals surface area contributed by atoms with Crippen molar-refractivity contribution in [2.45, 2.75) is 6.92 Å². The summed E-state index contributed by atoms with van der Waals surface area (Å²) < 4.78 is 7.46. The third kappa shape index (κ3) is 1.87. The summed E-state index contributed by atoms with van der Waals surface area (Å²) >= 11 is 3.32. The molecule has 0 amide bonds. The van der Waals surface area contributed by atoms with Crippen LogP contribution in [0.5, 0.6) is 0 Å². The highest BCUT2D eigenvalue weighted by Gasteiger charge is 2.12. The lowest BCUT2D eigenvalue weighted by atomic mass is 10.2. The van der Waals surface area contributed by atoms with Crippen LogP contribution in [0, 0.1) is 0 Å². The van der Waals surface area contributed by atoms with Gasteiger partial charge in [0, 0.05) is 10.7 Å². The molecule has 2 aromatic heterocycles. The van der Waals surface area contributed by atoms with Crippen molar-refractivity contribution in [2.24, 2.45) is 0 Å². The molecule has 4 nitrogen and oxygen atoms in total. The van der Waals surface area contributed by atoms with Crippen LogP contribution in [0.4, 0.5) is 0 Å². The summed E-state index contributed by atoms with van der Waals surface area (Å²) in [6.07, 6.45) is 5.15. The smallest absolute Gasteiger partial charge is 0.339 e. The molecular weight excluding hydrogens is 260 g/mol. The van der Waals surface area contributed by atoms with Crippen LogP contribution in [0.25, 0.3) is 5.52 Å². The third-order valence-corrected chi connectivity index (χ3v) is 2.63. The Balaban J connectivity index is 2.50. The minimum absolute atomic E-state index is 0.326. The molecule has 0 radical (unpaired) electrons. The number of aromatic nitrogens is 2. The van der Waals surface area contributed by atoms with Gasteiger partial charge in [-0.05, 0) is 28.9 Å². The average Bonchev–Trinajstić information content (AvgIpc) is 2.63. The van der Waals surface area contributed by atoms with Crippen molar-refractivity contribution in [3.63, 3.8) is 0 Å². The van der Waals surface area contributed by atoms with Gasteiger partial charge in [0.05, 0.1) is 30.2 Å². The van der Waals surface area contributed by atoms with Gasteiger partial charge < -0.3 is 9.14 Å². The first-order valence-electron chi connectivity index (χ1n) is 4.50. The second-order valence-corrected chi connectivity index (χ2v) is 3.84. The minimum Gasteiger partial charge on any atom is -0.462 e. The topological polar surface area (TPSA) is 43.6 Å². The van der Waals surface area contributed by atoms with Gasteiger partial charge in [-0.3, -0.25) is 0 Å². The van der Waals surface area contributed by atoms with Crippen LogP contribution in [0.3, 0.4) is 0 Å². The zero-order valence-corrected chi connectivity index (χ0v) is 9.69. The number of ether oxygens (including phenoxy) is 1. The third-order valence-electron chi connectivity index (χ3n) is 1.99. The molecule has 0 saturated carbocycles. The van der Waals surface area contributed by atoms with Crippen molar-refractivity contribution in [1.29, 1.82) is 0 Å². The van der Waals surface area contributed by atoms with Crippen LogP contribution < -0.4 is 0 Å². The van der Waals surface area contributed by atoms with Crippen LogP contribution in [-0.2, 0) is 4.74 Å². The van der Waals surface area contributed by atoms with E-state index in [9.17, 15) is 4.79 Å². The SMILES string of the molecule is CCOC(=O)c1cc2cncn2cc1Br. The number of hydrogen-bond acceptors (Lipinski definition) is 3. The molecule has 0 fully saturated rings. The average molecular weight is 269 g/mol. The fourth-order valence-electron chi connectivity index (χ4n) is 1.31. The van der Waals surface area contributed by atoms with E-state index in [1.165, 1.54) is 0 Å². The van der Waals surface area contributed by atoms with Gasteiger partial charge in [0.2, 0.25) is 0 Å². The summed E-state index contributed by atoms with van der Waals surface area (Å²) in [5.41, 5.74) is 1.38. The maximum absolute atomic E-state index is 11.5. The minimum atomic E-state index is -0.326. The summed E-state index contributed by atoms with van der Waals surface area (Å²) in [6, 6.07) is 1.75. The standard InChI is InChI=1S/C10H9BrN2O2/c1-2-15-10(14)8-3-7-4-12-6-13(7)5-9(8)11/h3-6H,2H2,1H3. The summed E-state index contributed by atoms with van der Waals surface area (Å²) in [4.78, 5) is 15.5. The molecule has 0 bridgehead atoms. The van der Waals surface area contributed by atoms with Crippen molar-refractivity contribution in [3.05, 3.63) is 34.8 Å². The van der Waals surface area contributed by atoms with Crippen molar-refractivity contribution >= 4 is 27.4 Å². The van der Waals surface area contributed by atoms with E-state index < -0.39 is 0 Å². The number of esters is 1. The highest BCUT2D eigenvalue weighted by atomic mass is 79.9. The second kappa shape index (κ2) is 4.02. The molecule has 0 aromatic carbocycles. The van der Waals surface area contributed by atoms with Gasteiger partial charge in [-0.25, -0.2) is 9.78 Å². The molecule has 2 rings (SSSR count). The number of halogens is 1. The molecule has 0 N–H and O–H groups in total. The molecular formula is C10H9BrN2O2. The second-order valence-electron chi connectivity index (χ2n) is 2.98. The molecule has 0 spiro atoms. The van der Waals surface area contributed by atoms with E-state index in [0.717, 1.165) is 5.52 Å². The van der Waals surface area contributed by atoms with Crippen LogP contribution in [0.2, 0.25) is 0 Å². The molecule has 78 valence electrons. The Morgan fingerprint density at radius 3 is 3.20 bits per heavy atom. The number of rotatable bonds is 2. The molecule has 2 heterocycles. The number of carbonyl (C=O) groups excluding carboxylic acids is 1. The number of carbonyl (C=O) groups is 1. The van der Waals surface area contributed by atoms with Gasteiger partial charge in [0.15, 0.2) is 0 Å². The number of fused-ring (bicyclic) bond motifs is 1. The summed E-state index contributed by atoms with van der Waals surface area (Å²) in [7, 11) is 0. The molecule has 0 atom stereocenters. The van der Waals surface area contributed by atoms with Crippen molar-refractivity contribution in [3.8, 4) is 0 Å². The Morgan fingerprint density at radius 1 is 1.67 bits per heavy atom. The van der Waals surface area contributed by atoms with Gasteiger partial charge in [0.25, 0.3) is 0 Å². The molecule has 2 aromatic rings. The fraction of sp³-hybridized carbons (Fsp3) is 0.200. The number of imidazole rings is 1. The van der Waals surface area contributed by atoms with E-state index in [2.05, 4.69) is 20.9 Å². The van der Waals surface area contributed by atoms with Crippen molar-refractivity contribution in [1.82, 2.24) is 9.38 Å². The van der Waals surface area contributed by atoms with E-state index in [1.54, 1.807) is 31.7 Å². The van der Waals surface area contributed by atoms with E-state index in [4.69, 9.17) is 4.74 Å².